The molecule has 3 atom stereocenters. The Kier molecular flexibility index (Phi) is 5.48. The van der Waals surface area contributed by atoms with Crippen LogP contribution in [-0.4, -0.2) is 60.9 Å². The van der Waals surface area contributed by atoms with Crippen LogP contribution < -0.4 is 4.90 Å². The molecule has 27 heavy (non-hydrogen) atoms. The van der Waals surface area contributed by atoms with Crippen LogP contribution >= 0.6 is 0 Å². The molecule has 3 aliphatic heterocycles. The smallest absolute Gasteiger partial charge is 0.227 e. The summed E-state index contributed by atoms with van der Waals surface area (Å²) in [6.07, 6.45) is 6.70. The van der Waals surface area contributed by atoms with Gasteiger partial charge in [-0.1, -0.05) is 24.6 Å². The molecular weight excluding hydrogens is 338 g/mol. The first-order chi connectivity index (χ1) is 13.1. The molecule has 3 aliphatic rings. The molecule has 0 bridgehead atoms. The van der Waals surface area contributed by atoms with E-state index in [0.29, 0.717) is 24.9 Å². The number of fused-ring (bicyclic) bond motifs is 1. The Bertz CT molecular complexity index is 675. The molecule has 5 heteroatoms. The van der Waals surface area contributed by atoms with E-state index in [4.69, 9.17) is 0 Å². The molecule has 4 rings (SSSR count). The van der Waals surface area contributed by atoms with Crippen LogP contribution in [0.1, 0.15) is 38.5 Å². The first-order valence-electron chi connectivity index (χ1n) is 10.5. The Morgan fingerprint density at radius 3 is 2.70 bits per heavy atom. The Morgan fingerprint density at radius 1 is 1.11 bits per heavy atom. The number of carbonyl (C=O) groups is 2. The van der Waals surface area contributed by atoms with Crippen molar-refractivity contribution in [3.05, 3.63) is 30.3 Å². The van der Waals surface area contributed by atoms with E-state index in [-0.39, 0.29) is 17.7 Å². The molecule has 146 valence electrons. The van der Waals surface area contributed by atoms with Crippen molar-refractivity contribution >= 4 is 17.5 Å². The normalized spacial score (nSPS) is 28.9. The molecule has 0 radical (unpaired) electrons. The average molecular weight is 370 g/mol. The number of carbonyl (C=O) groups excluding carboxylic acids is 2. The summed E-state index contributed by atoms with van der Waals surface area (Å²) in [6, 6.07) is 10.3. The number of piperidine rings is 2. The number of hydrogen-bond acceptors (Lipinski definition) is 3. The van der Waals surface area contributed by atoms with E-state index in [2.05, 4.69) is 4.90 Å². The van der Waals surface area contributed by atoms with Gasteiger partial charge in [0.15, 0.2) is 0 Å². The van der Waals surface area contributed by atoms with Gasteiger partial charge in [0.1, 0.15) is 0 Å². The van der Waals surface area contributed by atoms with Crippen molar-refractivity contribution in [2.75, 3.05) is 38.1 Å². The quantitative estimate of drug-likeness (QED) is 0.820. The predicted molar refractivity (Wildman–Crippen MR) is 106 cm³/mol. The number of nitrogens with zero attached hydrogens (tertiary/aromatic N) is 3. The fourth-order valence-corrected chi connectivity index (χ4v) is 5.27. The van der Waals surface area contributed by atoms with Gasteiger partial charge in [-0.2, -0.15) is 0 Å². The molecule has 5 nitrogen and oxygen atoms in total. The van der Waals surface area contributed by atoms with Gasteiger partial charge in [0.05, 0.1) is 5.92 Å². The van der Waals surface area contributed by atoms with Crippen LogP contribution in [0.2, 0.25) is 0 Å². The molecular formula is C22H31N3O2. The third kappa shape index (κ3) is 3.88. The van der Waals surface area contributed by atoms with Gasteiger partial charge >= 0.3 is 0 Å². The molecule has 3 heterocycles. The number of benzene rings is 1. The highest BCUT2D eigenvalue weighted by Gasteiger charge is 2.38. The van der Waals surface area contributed by atoms with Gasteiger partial charge < -0.3 is 14.7 Å². The van der Waals surface area contributed by atoms with Crippen molar-refractivity contribution in [2.24, 2.45) is 11.8 Å². The van der Waals surface area contributed by atoms with E-state index in [1.54, 1.807) is 4.90 Å². The van der Waals surface area contributed by atoms with Crippen molar-refractivity contribution in [3.8, 4) is 0 Å². The molecule has 0 unspecified atom stereocenters. The molecule has 2 amide bonds. The van der Waals surface area contributed by atoms with Crippen molar-refractivity contribution in [1.29, 1.82) is 0 Å². The Morgan fingerprint density at radius 2 is 1.89 bits per heavy atom. The molecule has 1 aromatic carbocycles. The number of rotatable bonds is 4. The Labute approximate surface area is 162 Å². The van der Waals surface area contributed by atoms with Crippen LogP contribution in [0.25, 0.3) is 0 Å². The maximum atomic E-state index is 13.0. The minimum atomic E-state index is -0.214. The van der Waals surface area contributed by atoms with Crippen LogP contribution in [0.15, 0.2) is 30.3 Å². The summed E-state index contributed by atoms with van der Waals surface area (Å²) in [6.45, 7) is 3.78. The zero-order valence-corrected chi connectivity index (χ0v) is 16.3. The van der Waals surface area contributed by atoms with E-state index in [1.165, 1.54) is 45.2 Å². The maximum Gasteiger partial charge on any atom is 0.227 e. The first-order valence-corrected chi connectivity index (χ1v) is 10.5. The standard InChI is InChI=1S/C22H31N3O2/c1-23(15-17-8-7-13-24-12-6-5-11-20(17)24)22(27)18-14-21(26)25(16-18)19-9-3-2-4-10-19/h2-4,9-10,17-18,20H,5-8,11-16H2,1H3/t17-,18+,20-/m0/s1. The SMILES string of the molecule is CN(C[C@@H]1CCCN2CCCC[C@@H]12)C(=O)[C@@H]1CC(=O)N(c2ccccc2)C1. The van der Waals surface area contributed by atoms with Crippen molar-refractivity contribution in [1.82, 2.24) is 9.80 Å². The zero-order valence-electron chi connectivity index (χ0n) is 16.3. The zero-order chi connectivity index (χ0) is 18.8. The van der Waals surface area contributed by atoms with E-state index in [0.717, 1.165) is 12.2 Å². The van der Waals surface area contributed by atoms with Crippen molar-refractivity contribution < 1.29 is 9.59 Å². The summed E-state index contributed by atoms with van der Waals surface area (Å²) >= 11 is 0. The maximum absolute atomic E-state index is 13.0. The predicted octanol–water partition coefficient (Wildman–Crippen LogP) is 2.76. The van der Waals surface area contributed by atoms with Gasteiger partial charge in [0.25, 0.3) is 0 Å². The third-order valence-electron chi connectivity index (χ3n) is 6.66. The number of para-hydroxylation sites is 1. The summed E-state index contributed by atoms with van der Waals surface area (Å²) in [5, 5.41) is 0. The minimum absolute atomic E-state index is 0.0593. The summed E-state index contributed by atoms with van der Waals surface area (Å²) in [5.74, 6) is 0.558. The van der Waals surface area contributed by atoms with E-state index < -0.39 is 0 Å². The highest BCUT2D eigenvalue weighted by Crippen LogP contribution is 2.32. The molecule has 0 saturated carbocycles. The highest BCUT2D eigenvalue weighted by molar-refractivity contribution is 6.00. The topological polar surface area (TPSA) is 43.9 Å². The number of hydrogen-bond donors (Lipinski definition) is 0. The lowest BCUT2D eigenvalue weighted by molar-refractivity contribution is -0.135. The van der Waals surface area contributed by atoms with Crippen molar-refractivity contribution in [2.45, 2.75) is 44.6 Å². The number of amides is 2. The van der Waals surface area contributed by atoms with Crippen LogP contribution in [0.4, 0.5) is 5.69 Å². The van der Waals surface area contributed by atoms with Gasteiger partial charge in [-0.3, -0.25) is 9.59 Å². The summed E-state index contributed by atoms with van der Waals surface area (Å²) in [7, 11) is 1.93. The van der Waals surface area contributed by atoms with E-state index >= 15 is 0 Å². The molecule has 3 fully saturated rings. The van der Waals surface area contributed by atoms with Crippen LogP contribution in [-0.2, 0) is 9.59 Å². The molecule has 3 saturated heterocycles. The molecule has 0 N–H and O–H groups in total. The van der Waals surface area contributed by atoms with E-state index in [9.17, 15) is 9.59 Å². The molecule has 0 aliphatic carbocycles. The van der Waals surface area contributed by atoms with Gasteiger partial charge in [0.2, 0.25) is 11.8 Å². The van der Waals surface area contributed by atoms with Crippen LogP contribution in [0.5, 0.6) is 0 Å². The fraction of sp³-hybridized carbons (Fsp3) is 0.636. The number of anilines is 1. The Hall–Kier alpha value is -1.88. The van der Waals surface area contributed by atoms with Crippen LogP contribution in [0.3, 0.4) is 0 Å². The van der Waals surface area contributed by atoms with Crippen molar-refractivity contribution in [3.63, 3.8) is 0 Å². The van der Waals surface area contributed by atoms with Gasteiger partial charge in [0, 0.05) is 38.3 Å². The molecule has 0 aromatic heterocycles. The second-order valence-corrected chi connectivity index (χ2v) is 8.46. The highest BCUT2D eigenvalue weighted by atomic mass is 16.2. The average Bonchev–Trinajstić information content (AvgIpc) is 3.10. The van der Waals surface area contributed by atoms with E-state index in [1.807, 2.05) is 42.3 Å². The van der Waals surface area contributed by atoms with Gasteiger partial charge in [-0.05, 0) is 56.8 Å². The lowest BCUT2D eigenvalue weighted by atomic mass is 9.83. The fourth-order valence-electron chi connectivity index (χ4n) is 5.27. The molecule has 0 spiro atoms. The first kappa shape index (κ1) is 18.5. The second-order valence-electron chi connectivity index (χ2n) is 8.46. The van der Waals surface area contributed by atoms with Gasteiger partial charge in [-0.15, -0.1) is 0 Å². The van der Waals surface area contributed by atoms with Crippen LogP contribution in [0, 0.1) is 11.8 Å². The van der Waals surface area contributed by atoms with Gasteiger partial charge in [-0.25, -0.2) is 0 Å². The summed E-state index contributed by atoms with van der Waals surface area (Å²) in [4.78, 5) is 31.8. The lowest BCUT2D eigenvalue weighted by Gasteiger charge is -2.45. The largest absolute Gasteiger partial charge is 0.345 e. The minimum Gasteiger partial charge on any atom is -0.345 e. The summed E-state index contributed by atoms with van der Waals surface area (Å²) in [5.41, 5.74) is 0.894. The second kappa shape index (κ2) is 8.01. The lowest BCUT2D eigenvalue weighted by Crippen LogP contribution is -2.51. The Balaban J connectivity index is 1.37. The summed E-state index contributed by atoms with van der Waals surface area (Å²) < 4.78 is 0. The monoisotopic (exact) mass is 369 g/mol. The molecule has 1 aromatic rings. The third-order valence-corrected chi connectivity index (χ3v) is 6.66.